The molecule has 0 aromatic heterocycles. The van der Waals surface area contributed by atoms with Gasteiger partial charge in [0.05, 0.1) is 0 Å². The topological polar surface area (TPSA) is 88.1 Å². The fourth-order valence-corrected chi connectivity index (χ4v) is 2.53. The number of nitrogens with two attached hydrogens (primary N) is 1. The minimum atomic E-state index is -0.333. The van der Waals surface area contributed by atoms with Crippen molar-refractivity contribution in [1.29, 1.82) is 5.26 Å². The molecule has 1 aliphatic carbocycles. The highest BCUT2D eigenvalue weighted by atomic mass is 16.5. The quantitative estimate of drug-likeness (QED) is 0.860. The lowest BCUT2D eigenvalue weighted by atomic mass is 9.94. The third kappa shape index (κ3) is 3.97. The fraction of sp³-hybridized carbons (Fsp3) is 0.467. The normalized spacial score (nSPS) is 16.4. The summed E-state index contributed by atoms with van der Waals surface area (Å²) < 4.78 is 5.14. The molecule has 0 radical (unpaired) electrons. The molecule has 1 aromatic rings. The number of carbonyl (C=O) groups is 1. The van der Waals surface area contributed by atoms with Crippen LogP contribution in [-0.4, -0.2) is 18.1 Å². The molecule has 106 valence electrons. The highest BCUT2D eigenvalue weighted by molar-refractivity contribution is 5.91. The first kappa shape index (κ1) is 14.4. The summed E-state index contributed by atoms with van der Waals surface area (Å²) in [6, 6.07) is 8.85. The lowest BCUT2D eigenvalue weighted by molar-refractivity contribution is -0.117. The van der Waals surface area contributed by atoms with Crippen LogP contribution in [0.2, 0.25) is 0 Å². The Balaban J connectivity index is 1.86. The predicted octanol–water partition coefficient (Wildman–Crippen LogP) is 2.19. The first-order chi connectivity index (χ1) is 9.61. The Morgan fingerprint density at radius 1 is 1.35 bits per heavy atom. The molecule has 2 rings (SSSR count). The van der Waals surface area contributed by atoms with Crippen LogP contribution in [0.3, 0.4) is 0 Å². The average molecular weight is 273 g/mol. The highest BCUT2D eigenvalue weighted by Gasteiger charge is 2.31. The van der Waals surface area contributed by atoms with Gasteiger partial charge in [0.25, 0.3) is 0 Å². The van der Waals surface area contributed by atoms with Gasteiger partial charge in [-0.05, 0) is 37.1 Å². The maximum absolute atomic E-state index is 12.0. The fourth-order valence-electron chi connectivity index (χ4n) is 2.53. The van der Waals surface area contributed by atoms with Crippen molar-refractivity contribution in [2.24, 2.45) is 5.73 Å². The molecule has 0 unspecified atom stereocenters. The van der Waals surface area contributed by atoms with Gasteiger partial charge in [-0.2, -0.15) is 5.26 Å². The number of nitriles is 1. The van der Waals surface area contributed by atoms with Gasteiger partial charge in [0.2, 0.25) is 5.91 Å². The van der Waals surface area contributed by atoms with Crippen LogP contribution < -0.4 is 15.8 Å². The molecular weight excluding hydrogens is 254 g/mol. The van der Waals surface area contributed by atoms with Crippen molar-refractivity contribution in [3.05, 3.63) is 24.3 Å². The number of ether oxygens (including phenoxy) is 1. The molecule has 0 spiro atoms. The molecule has 3 N–H and O–H groups in total. The van der Waals surface area contributed by atoms with E-state index >= 15 is 0 Å². The number of hydrogen-bond acceptors (Lipinski definition) is 4. The number of benzene rings is 1. The van der Waals surface area contributed by atoms with E-state index in [0.717, 1.165) is 25.7 Å². The summed E-state index contributed by atoms with van der Waals surface area (Å²) in [5, 5.41) is 11.3. The number of nitrogens with zero attached hydrogens (tertiary/aromatic N) is 1. The lowest BCUT2D eigenvalue weighted by Crippen LogP contribution is -2.40. The number of nitrogens with one attached hydrogen (secondary N) is 1. The largest absolute Gasteiger partial charge is 0.479 e. The van der Waals surface area contributed by atoms with Gasteiger partial charge in [-0.1, -0.05) is 12.8 Å². The van der Waals surface area contributed by atoms with Crippen LogP contribution in [0.1, 0.15) is 32.1 Å². The number of rotatable bonds is 5. The number of anilines is 1. The van der Waals surface area contributed by atoms with Crippen molar-refractivity contribution in [1.82, 2.24) is 0 Å². The van der Waals surface area contributed by atoms with Gasteiger partial charge in [-0.25, -0.2) is 0 Å². The zero-order valence-electron chi connectivity index (χ0n) is 11.4. The van der Waals surface area contributed by atoms with E-state index in [1.807, 2.05) is 6.07 Å². The van der Waals surface area contributed by atoms with Crippen LogP contribution in [0.25, 0.3) is 0 Å². The van der Waals surface area contributed by atoms with Crippen molar-refractivity contribution in [3.8, 4) is 11.8 Å². The van der Waals surface area contributed by atoms with Gasteiger partial charge in [0.1, 0.15) is 11.8 Å². The van der Waals surface area contributed by atoms with E-state index in [1.165, 1.54) is 0 Å². The number of carbonyl (C=O) groups excluding carboxylic acids is 1. The standard InChI is InChI=1S/C15H19N3O2/c16-9-10-20-13-5-3-12(4-6-13)18-14(19)11-15(17)7-1-2-8-15/h3-6H,1-2,7-8,10-11,17H2,(H,18,19). The Kier molecular flexibility index (Phi) is 4.59. The molecule has 1 aliphatic rings. The number of hydrogen-bond donors (Lipinski definition) is 2. The lowest BCUT2D eigenvalue weighted by Gasteiger charge is -2.22. The molecule has 0 aliphatic heterocycles. The van der Waals surface area contributed by atoms with E-state index in [0.29, 0.717) is 17.9 Å². The second-order valence-corrected chi connectivity index (χ2v) is 5.27. The van der Waals surface area contributed by atoms with Crippen LogP contribution in [0.4, 0.5) is 5.69 Å². The third-order valence-electron chi connectivity index (χ3n) is 3.55. The molecule has 20 heavy (non-hydrogen) atoms. The van der Waals surface area contributed by atoms with Gasteiger partial charge in [0.15, 0.2) is 6.61 Å². The minimum absolute atomic E-state index is 0.0153. The summed E-state index contributed by atoms with van der Waals surface area (Å²) in [4.78, 5) is 12.0. The molecule has 0 heterocycles. The van der Waals surface area contributed by atoms with Crippen LogP contribution in [0.15, 0.2) is 24.3 Å². The van der Waals surface area contributed by atoms with Crippen LogP contribution in [0.5, 0.6) is 5.75 Å². The average Bonchev–Trinajstić information content (AvgIpc) is 2.84. The first-order valence-corrected chi connectivity index (χ1v) is 6.80. The molecule has 1 fully saturated rings. The minimum Gasteiger partial charge on any atom is -0.479 e. The van der Waals surface area contributed by atoms with Gasteiger partial charge in [0, 0.05) is 17.6 Å². The van der Waals surface area contributed by atoms with E-state index in [-0.39, 0.29) is 18.1 Å². The molecule has 0 saturated heterocycles. The molecule has 5 nitrogen and oxygen atoms in total. The van der Waals surface area contributed by atoms with E-state index in [1.54, 1.807) is 24.3 Å². The molecule has 0 atom stereocenters. The second-order valence-electron chi connectivity index (χ2n) is 5.27. The van der Waals surface area contributed by atoms with Gasteiger partial charge < -0.3 is 15.8 Å². The molecule has 0 bridgehead atoms. The van der Waals surface area contributed by atoms with Crippen molar-refractivity contribution >= 4 is 11.6 Å². The van der Waals surface area contributed by atoms with Crippen LogP contribution in [0, 0.1) is 11.3 Å². The van der Waals surface area contributed by atoms with Crippen LogP contribution >= 0.6 is 0 Å². The summed E-state index contributed by atoms with van der Waals surface area (Å²) in [5.41, 5.74) is 6.56. The predicted molar refractivity (Wildman–Crippen MR) is 76.2 cm³/mol. The third-order valence-corrected chi connectivity index (χ3v) is 3.55. The van der Waals surface area contributed by atoms with Crippen molar-refractivity contribution in [2.45, 2.75) is 37.6 Å². The molecular formula is C15H19N3O2. The Labute approximate surface area is 118 Å². The Bertz CT molecular complexity index is 499. The molecule has 1 amide bonds. The maximum Gasteiger partial charge on any atom is 0.226 e. The summed E-state index contributed by atoms with van der Waals surface area (Å²) >= 11 is 0. The molecule has 1 aromatic carbocycles. The van der Waals surface area contributed by atoms with Gasteiger partial charge in [-0.3, -0.25) is 4.79 Å². The van der Waals surface area contributed by atoms with Crippen molar-refractivity contribution in [2.75, 3.05) is 11.9 Å². The van der Waals surface area contributed by atoms with E-state index in [9.17, 15) is 4.79 Å². The van der Waals surface area contributed by atoms with E-state index in [4.69, 9.17) is 15.7 Å². The summed E-state index contributed by atoms with van der Waals surface area (Å²) in [6.07, 6.45) is 4.41. The van der Waals surface area contributed by atoms with Gasteiger partial charge in [-0.15, -0.1) is 0 Å². The van der Waals surface area contributed by atoms with Gasteiger partial charge >= 0.3 is 0 Å². The Morgan fingerprint density at radius 2 is 2.00 bits per heavy atom. The van der Waals surface area contributed by atoms with E-state index in [2.05, 4.69) is 5.32 Å². The first-order valence-electron chi connectivity index (χ1n) is 6.80. The molecule has 5 heteroatoms. The second kappa shape index (κ2) is 6.40. The molecule has 1 saturated carbocycles. The Hall–Kier alpha value is -2.06. The Morgan fingerprint density at radius 3 is 2.60 bits per heavy atom. The summed E-state index contributed by atoms with van der Waals surface area (Å²) in [5.74, 6) is 0.552. The highest BCUT2D eigenvalue weighted by Crippen LogP contribution is 2.30. The van der Waals surface area contributed by atoms with E-state index < -0.39 is 0 Å². The monoisotopic (exact) mass is 273 g/mol. The zero-order chi connectivity index (χ0) is 14.4. The summed E-state index contributed by atoms with van der Waals surface area (Å²) in [6.45, 7) is 0.0153. The maximum atomic E-state index is 12.0. The van der Waals surface area contributed by atoms with Crippen molar-refractivity contribution < 1.29 is 9.53 Å². The van der Waals surface area contributed by atoms with Crippen molar-refractivity contribution in [3.63, 3.8) is 0 Å². The number of amides is 1. The van der Waals surface area contributed by atoms with Crippen LogP contribution in [-0.2, 0) is 4.79 Å². The summed E-state index contributed by atoms with van der Waals surface area (Å²) in [7, 11) is 0. The smallest absolute Gasteiger partial charge is 0.226 e. The zero-order valence-corrected chi connectivity index (χ0v) is 11.4. The SMILES string of the molecule is N#CCOc1ccc(NC(=O)CC2(N)CCCC2)cc1.